The zero-order chi connectivity index (χ0) is 11.4. The van der Waals surface area contributed by atoms with Gasteiger partial charge in [0, 0.05) is 5.69 Å². The molecule has 0 saturated heterocycles. The van der Waals surface area contributed by atoms with Crippen LogP contribution in [0.3, 0.4) is 0 Å². The van der Waals surface area contributed by atoms with Crippen molar-refractivity contribution in [2.24, 2.45) is 0 Å². The minimum Gasteiger partial charge on any atom is -0.394 e. The normalized spacial score (nSPS) is 9.44. The Morgan fingerprint density at radius 1 is 1.25 bits per heavy atom. The van der Waals surface area contributed by atoms with Gasteiger partial charge in [0.15, 0.2) is 5.82 Å². The summed E-state index contributed by atoms with van der Waals surface area (Å²) in [6.45, 7) is 0. The molecule has 0 fully saturated rings. The van der Waals surface area contributed by atoms with E-state index in [1.807, 2.05) is 0 Å². The monoisotopic (exact) mass is 211 g/mol. The number of anilines is 3. The van der Waals surface area contributed by atoms with Gasteiger partial charge in [-0.3, -0.25) is 0 Å². The minimum atomic E-state index is 0.479. The molecular weight excluding hydrogens is 202 g/mol. The van der Waals surface area contributed by atoms with Gasteiger partial charge in [0.25, 0.3) is 0 Å². The molecule has 16 heavy (non-hydrogen) atoms. The Labute approximate surface area is 92.6 Å². The highest BCUT2D eigenvalue weighted by molar-refractivity contribution is 5.67. The third-order valence-electron chi connectivity index (χ3n) is 2.02. The molecule has 0 saturated carbocycles. The van der Waals surface area contributed by atoms with Crippen LogP contribution in [0.1, 0.15) is 5.56 Å². The number of hydrogen-bond acceptors (Lipinski definition) is 5. The first-order valence-electron chi connectivity index (χ1n) is 4.62. The Morgan fingerprint density at radius 3 is 2.62 bits per heavy atom. The molecule has 1 aromatic carbocycles. The summed E-state index contributed by atoms with van der Waals surface area (Å²) < 4.78 is 0. The van der Waals surface area contributed by atoms with Crippen molar-refractivity contribution in [2.75, 3.05) is 11.1 Å². The van der Waals surface area contributed by atoms with E-state index >= 15 is 0 Å². The van der Waals surface area contributed by atoms with Crippen LogP contribution in [0.4, 0.5) is 17.2 Å². The highest BCUT2D eigenvalue weighted by Crippen LogP contribution is 2.18. The molecule has 2 rings (SSSR count). The van der Waals surface area contributed by atoms with Gasteiger partial charge < -0.3 is 11.1 Å². The second kappa shape index (κ2) is 4.28. The standard InChI is InChI=1S/C11H9N5/c12-5-8-1-3-9(4-2-8)16-11-10(13)6-14-7-15-11/h1-4,6-7H,13H2,(H,14,15,16). The molecule has 0 aliphatic rings. The van der Waals surface area contributed by atoms with E-state index in [-0.39, 0.29) is 0 Å². The predicted octanol–water partition coefficient (Wildman–Crippen LogP) is 1.67. The summed E-state index contributed by atoms with van der Waals surface area (Å²) in [5.41, 5.74) is 7.60. The molecule has 0 bridgehead atoms. The maximum absolute atomic E-state index is 8.65. The van der Waals surface area contributed by atoms with Crippen molar-refractivity contribution in [3.8, 4) is 6.07 Å². The highest BCUT2D eigenvalue weighted by atomic mass is 15.0. The van der Waals surface area contributed by atoms with Gasteiger partial charge in [0.2, 0.25) is 0 Å². The van der Waals surface area contributed by atoms with Crippen LogP contribution >= 0.6 is 0 Å². The van der Waals surface area contributed by atoms with Crippen molar-refractivity contribution < 1.29 is 0 Å². The molecule has 0 unspecified atom stereocenters. The second-order valence-corrected chi connectivity index (χ2v) is 3.14. The Bertz CT molecular complexity index is 527. The van der Waals surface area contributed by atoms with Gasteiger partial charge >= 0.3 is 0 Å². The van der Waals surface area contributed by atoms with E-state index in [4.69, 9.17) is 11.0 Å². The molecule has 5 heteroatoms. The molecule has 0 aliphatic carbocycles. The SMILES string of the molecule is N#Cc1ccc(Nc2ncncc2N)cc1. The maximum Gasteiger partial charge on any atom is 0.157 e. The fourth-order valence-electron chi connectivity index (χ4n) is 1.21. The summed E-state index contributed by atoms with van der Waals surface area (Å²) in [7, 11) is 0. The summed E-state index contributed by atoms with van der Waals surface area (Å²) >= 11 is 0. The summed E-state index contributed by atoms with van der Waals surface area (Å²) in [5, 5.41) is 11.7. The average Bonchev–Trinajstić information content (AvgIpc) is 2.33. The predicted molar refractivity (Wildman–Crippen MR) is 60.9 cm³/mol. The van der Waals surface area contributed by atoms with Crippen LogP contribution in [0.25, 0.3) is 0 Å². The molecule has 1 aromatic heterocycles. The van der Waals surface area contributed by atoms with Crippen LogP contribution in [-0.2, 0) is 0 Å². The van der Waals surface area contributed by atoms with Crippen molar-refractivity contribution >= 4 is 17.2 Å². The van der Waals surface area contributed by atoms with Crippen LogP contribution in [0.5, 0.6) is 0 Å². The van der Waals surface area contributed by atoms with Crippen LogP contribution < -0.4 is 11.1 Å². The van der Waals surface area contributed by atoms with Crippen molar-refractivity contribution in [1.29, 1.82) is 5.26 Å². The molecule has 0 aliphatic heterocycles. The van der Waals surface area contributed by atoms with E-state index in [1.165, 1.54) is 12.5 Å². The van der Waals surface area contributed by atoms with Crippen LogP contribution in [0.15, 0.2) is 36.8 Å². The van der Waals surface area contributed by atoms with E-state index in [2.05, 4.69) is 21.4 Å². The number of aromatic nitrogens is 2. The summed E-state index contributed by atoms with van der Waals surface area (Å²) in [5.74, 6) is 0.555. The van der Waals surface area contributed by atoms with Gasteiger partial charge in [-0.2, -0.15) is 5.26 Å². The van der Waals surface area contributed by atoms with Gasteiger partial charge in [0.05, 0.1) is 23.5 Å². The number of nitrogens with two attached hydrogens (primary N) is 1. The molecular formula is C11H9N5. The number of nitrogens with one attached hydrogen (secondary N) is 1. The number of nitrogens with zero attached hydrogens (tertiary/aromatic N) is 3. The minimum absolute atomic E-state index is 0.479. The van der Waals surface area contributed by atoms with E-state index in [0.29, 0.717) is 17.1 Å². The van der Waals surface area contributed by atoms with Crippen molar-refractivity contribution in [1.82, 2.24) is 9.97 Å². The molecule has 78 valence electrons. The Kier molecular flexibility index (Phi) is 2.65. The Morgan fingerprint density at radius 2 is 2.00 bits per heavy atom. The second-order valence-electron chi connectivity index (χ2n) is 3.14. The van der Waals surface area contributed by atoms with E-state index in [0.717, 1.165) is 5.69 Å². The molecule has 1 heterocycles. The number of nitriles is 1. The first-order chi connectivity index (χ1) is 7.79. The fraction of sp³-hybridized carbons (Fsp3) is 0. The number of rotatable bonds is 2. The average molecular weight is 211 g/mol. The van der Waals surface area contributed by atoms with Gasteiger partial charge in [-0.15, -0.1) is 0 Å². The summed E-state index contributed by atoms with van der Waals surface area (Å²) in [6, 6.07) is 9.08. The first-order valence-corrected chi connectivity index (χ1v) is 4.62. The van der Waals surface area contributed by atoms with Crippen LogP contribution in [-0.4, -0.2) is 9.97 Å². The molecule has 0 atom stereocenters. The van der Waals surface area contributed by atoms with E-state index in [9.17, 15) is 0 Å². The Hall–Kier alpha value is -2.61. The van der Waals surface area contributed by atoms with Crippen LogP contribution in [0.2, 0.25) is 0 Å². The topological polar surface area (TPSA) is 87.6 Å². The molecule has 0 spiro atoms. The van der Waals surface area contributed by atoms with Gasteiger partial charge in [-0.05, 0) is 24.3 Å². The van der Waals surface area contributed by atoms with Gasteiger partial charge in [-0.1, -0.05) is 0 Å². The fourth-order valence-corrected chi connectivity index (χ4v) is 1.21. The van der Waals surface area contributed by atoms with Crippen molar-refractivity contribution in [2.45, 2.75) is 0 Å². The summed E-state index contributed by atoms with van der Waals surface area (Å²) in [6.07, 6.45) is 2.95. The molecule has 5 nitrogen and oxygen atoms in total. The van der Waals surface area contributed by atoms with Crippen molar-refractivity contribution in [3.63, 3.8) is 0 Å². The largest absolute Gasteiger partial charge is 0.394 e. The lowest BCUT2D eigenvalue weighted by molar-refractivity contribution is 1.17. The van der Waals surface area contributed by atoms with Crippen molar-refractivity contribution in [3.05, 3.63) is 42.4 Å². The quantitative estimate of drug-likeness (QED) is 0.788. The lowest BCUT2D eigenvalue weighted by atomic mass is 10.2. The molecule has 0 radical (unpaired) electrons. The third-order valence-corrected chi connectivity index (χ3v) is 2.02. The summed E-state index contributed by atoms with van der Waals surface area (Å²) in [4.78, 5) is 7.80. The lowest BCUT2D eigenvalue weighted by Gasteiger charge is -2.06. The zero-order valence-electron chi connectivity index (χ0n) is 8.38. The van der Waals surface area contributed by atoms with Gasteiger partial charge in [-0.25, -0.2) is 9.97 Å². The number of hydrogen-bond donors (Lipinski definition) is 2. The molecule has 2 aromatic rings. The van der Waals surface area contributed by atoms with E-state index in [1.54, 1.807) is 24.3 Å². The van der Waals surface area contributed by atoms with E-state index < -0.39 is 0 Å². The van der Waals surface area contributed by atoms with Crippen LogP contribution in [0, 0.1) is 11.3 Å². The zero-order valence-corrected chi connectivity index (χ0v) is 8.38. The molecule has 0 amide bonds. The first kappa shape index (κ1) is 9.93. The highest BCUT2D eigenvalue weighted by Gasteiger charge is 2.00. The lowest BCUT2D eigenvalue weighted by Crippen LogP contribution is -1.99. The molecule has 3 N–H and O–H groups in total. The third kappa shape index (κ3) is 2.07. The number of nitrogen functional groups attached to an aromatic ring is 1. The number of benzene rings is 1. The smallest absolute Gasteiger partial charge is 0.157 e. The van der Waals surface area contributed by atoms with Gasteiger partial charge in [0.1, 0.15) is 6.33 Å². The Balaban J connectivity index is 2.22. The maximum atomic E-state index is 8.65.